The molecule has 0 bridgehead atoms. The number of sulfonamides is 1. The topological polar surface area (TPSA) is 92.1 Å². The number of benzene rings is 1. The molecule has 0 atom stereocenters. The Bertz CT molecular complexity index is 1300. The predicted molar refractivity (Wildman–Crippen MR) is 120 cm³/mol. The highest BCUT2D eigenvalue weighted by atomic mass is 35.5. The molecule has 3 heterocycles. The molecule has 0 fully saturated rings. The van der Waals surface area contributed by atoms with Gasteiger partial charge in [-0.1, -0.05) is 25.4 Å². The number of fused-ring (bicyclic) bond motifs is 1. The molecule has 1 aromatic carbocycles. The normalized spacial score (nSPS) is 12.9. The minimum atomic E-state index is -3.55. The molecule has 0 aliphatic carbocycles. The Balaban J connectivity index is 1.64. The van der Waals surface area contributed by atoms with Gasteiger partial charge in [-0.05, 0) is 36.4 Å². The van der Waals surface area contributed by atoms with Crippen LogP contribution in [0.3, 0.4) is 0 Å². The first-order valence-electron chi connectivity index (χ1n) is 9.29. The Labute approximate surface area is 183 Å². The highest BCUT2D eigenvalue weighted by Gasteiger charge is 2.22. The number of aromatic amines is 1. The second-order valence-corrected chi connectivity index (χ2v) is 9.60. The van der Waals surface area contributed by atoms with Crippen molar-refractivity contribution < 1.29 is 12.8 Å². The summed E-state index contributed by atoms with van der Waals surface area (Å²) in [4.78, 5) is 12.3. The summed E-state index contributed by atoms with van der Waals surface area (Å²) in [6.45, 7) is 4.45. The lowest BCUT2D eigenvalue weighted by molar-refractivity contribution is 0.445. The summed E-state index contributed by atoms with van der Waals surface area (Å²) >= 11 is 7.90. The fraction of sp³-hybridized carbons (Fsp3) is 0.200. The number of hydrogen-bond donors (Lipinski definition) is 1. The highest BCUT2D eigenvalue weighted by Crippen LogP contribution is 2.28. The van der Waals surface area contributed by atoms with Gasteiger partial charge in [-0.3, -0.25) is 0 Å². The van der Waals surface area contributed by atoms with Gasteiger partial charge < -0.3 is 9.40 Å². The maximum absolute atomic E-state index is 12.8. The van der Waals surface area contributed by atoms with Crippen LogP contribution in [0.25, 0.3) is 32.9 Å². The zero-order valence-corrected chi connectivity index (χ0v) is 18.7. The molecule has 0 radical (unpaired) electrons. The van der Waals surface area contributed by atoms with Crippen molar-refractivity contribution in [2.75, 3.05) is 13.1 Å². The predicted octanol–water partition coefficient (Wildman–Crippen LogP) is 5.05. The number of nitrogens with one attached hydrogen (secondary N) is 1. The van der Waals surface area contributed by atoms with Crippen molar-refractivity contribution in [3.05, 3.63) is 53.5 Å². The molecule has 1 N–H and O–H groups in total. The van der Waals surface area contributed by atoms with Crippen LogP contribution in [-0.2, 0) is 10.0 Å². The molecule has 4 aromatic rings. The van der Waals surface area contributed by atoms with Gasteiger partial charge in [0.1, 0.15) is 5.82 Å². The quantitative estimate of drug-likeness (QED) is 0.415. The third-order valence-corrected chi connectivity index (χ3v) is 7.76. The molecule has 0 spiro atoms. The summed E-state index contributed by atoms with van der Waals surface area (Å²) in [6, 6.07) is 8.48. The smallest absolute Gasteiger partial charge is 0.243 e. The van der Waals surface area contributed by atoms with Gasteiger partial charge in [0.05, 0.1) is 32.9 Å². The van der Waals surface area contributed by atoms with Crippen LogP contribution in [0.5, 0.6) is 0 Å². The molecule has 0 aliphatic heterocycles. The molecule has 0 saturated carbocycles. The molecular weight excluding hydrogens is 444 g/mol. The fourth-order valence-corrected chi connectivity index (χ4v) is 5.47. The zero-order valence-electron chi connectivity index (χ0n) is 16.3. The number of halogens is 1. The Morgan fingerprint density at radius 2 is 2.07 bits per heavy atom. The van der Waals surface area contributed by atoms with E-state index in [0.717, 1.165) is 5.01 Å². The third kappa shape index (κ3) is 3.93. The van der Waals surface area contributed by atoms with E-state index >= 15 is 0 Å². The maximum Gasteiger partial charge on any atom is 0.243 e. The van der Waals surface area contributed by atoms with E-state index in [0.29, 0.717) is 46.4 Å². The number of aromatic nitrogens is 3. The molecule has 0 aliphatic rings. The Morgan fingerprint density at radius 1 is 1.27 bits per heavy atom. The molecule has 3 aromatic heterocycles. The van der Waals surface area contributed by atoms with Crippen LogP contribution < -0.4 is 0 Å². The summed E-state index contributed by atoms with van der Waals surface area (Å²) in [5.74, 6) is 1.14. The lowest BCUT2D eigenvalue weighted by Crippen LogP contribution is -2.30. The maximum atomic E-state index is 12.8. The van der Waals surface area contributed by atoms with Crippen molar-refractivity contribution >= 4 is 55.1 Å². The second kappa shape index (κ2) is 8.35. The van der Waals surface area contributed by atoms with Crippen LogP contribution in [0.4, 0.5) is 0 Å². The number of H-pyrrole nitrogens is 1. The molecule has 0 unspecified atom stereocenters. The summed E-state index contributed by atoms with van der Waals surface area (Å²) in [5.41, 5.74) is 1.91. The van der Waals surface area contributed by atoms with Gasteiger partial charge >= 0.3 is 0 Å². The van der Waals surface area contributed by atoms with Crippen molar-refractivity contribution in [2.24, 2.45) is 0 Å². The van der Waals surface area contributed by atoms with E-state index in [2.05, 4.69) is 15.0 Å². The largest absolute Gasteiger partial charge is 0.462 e. The number of hydrogen-bond acceptors (Lipinski definition) is 6. The lowest BCUT2D eigenvalue weighted by Gasteiger charge is -2.18. The Morgan fingerprint density at radius 3 is 2.77 bits per heavy atom. The van der Waals surface area contributed by atoms with Gasteiger partial charge in [-0.15, -0.1) is 11.3 Å². The summed E-state index contributed by atoms with van der Waals surface area (Å²) in [6.07, 6.45) is 3.30. The fourth-order valence-electron chi connectivity index (χ4n) is 3.04. The summed E-state index contributed by atoms with van der Waals surface area (Å²) in [7, 11) is -3.55. The van der Waals surface area contributed by atoms with Crippen molar-refractivity contribution in [3.8, 4) is 10.8 Å². The van der Waals surface area contributed by atoms with Crippen molar-refractivity contribution in [3.63, 3.8) is 0 Å². The van der Waals surface area contributed by atoms with Crippen LogP contribution in [0.15, 0.2) is 51.3 Å². The van der Waals surface area contributed by atoms with Gasteiger partial charge in [0.2, 0.25) is 10.0 Å². The van der Waals surface area contributed by atoms with E-state index in [1.807, 2.05) is 31.4 Å². The van der Waals surface area contributed by atoms with Crippen molar-refractivity contribution in [1.82, 2.24) is 19.3 Å². The molecular formula is C20H19ClN4O3S2. The standard InChI is InChI=1S/C20H19ClN4O3S2/c1-3-25(4-2)30(26,27)14-7-8-16-17(11-14)24-19(23-16)15(21)10-13-12-29-20(22-13)18-6-5-9-28-18/h5-12H,3-4H2,1-2H3,(H,23,24). The Kier molecular flexibility index (Phi) is 5.79. The van der Waals surface area contributed by atoms with Crippen molar-refractivity contribution in [1.29, 1.82) is 0 Å². The molecule has 4 rings (SSSR count). The second-order valence-electron chi connectivity index (χ2n) is 6.40. The van der Waals surface area contributed by atoms with E-state index in [1.54, 1.807) is 30.5 Å². The van der Waals surface area contributed by atoms with E-state index in [4.69, 9.17) is 16.0 Å². The van der Waals surface area contributed by atoms with Crippen LogP contribution in [0, 0.1) is 0 Å². The molecule has 30 heavy (non-hydrogen) atoms. The van der Waals surface area contributed by atoms with Crippen LogP contribution in [-0.4, -0.2) is 40.8 Å². The first-order valence-corrected chi connectivity index (χ1v) is 12.0. The van der Waals surface area contributed by atoms with Crippen LogP contribution in [0.2, 0.25) is 0 Å². The minimum Gasteiger partial charge on any atom is -0.462 e. The van der Waals surface area contributed by atoms with Gasteiger partial charge in [0.15, 0.2) is 10.8 Å². The molecule has 7 nitrogen and oxygen atoms in total. The average Bonchev–Trinajstić information content (AvgIpc) is 3.47. The van der Waals surface area contributed by atoms with Crippen LogP contribution in [0.1, 0.15) is 25.4 Å². The van der Waals surface area contributed by atoms with Gasteiger partial charge in [0.25, 0.3) is 0 Å². The van der Waals surface area contributed by atoms with Gasteiger partial charge in [0, 0.05) is 18.5 Å². The third-order valence-electron chi connectivity index (χ3n) is 4.55. The summed E-state index contributed by atoms with van der Waals surface area (Å²) in [5, 5.41) is 3.00. The molecule has 156 valence electrons. The molecule has 0 amide bonds. The number of thiazole rings is 1. The number of rotatable bonds is 7. The average molecular weight is 463 g/mol. The number of imidazole rings is 1. The SMILES string of the molecule is CCN(CC)S(=O)(=O)c1ccc2nc(C(Cl)=Cc3csc(-c4ccco4)n3)[nH]c2c1. The van der Waals surface area contributed by atoms with E-state index in [1.165, 1.54) is 15.6 Å². The first kappa shape index (κ1) is 20.8. The number of nitrogens with zero attached hydrogens (tertiary/aromatic N) is 3. The van der Waals surface area contributed by atoms with Gasteiger partial charge in [-0.2, -0.15) is 4.31 Å². The van der Waals surface area contributed by atoms with Crippen molar-refractivity contribution in [2.45, 2.75) is 18.7 Å². The summed E-state index contributed by atoms with van der Waals surface area (Å²) < 4.78 is 32.3. The Hall–Kier alpha value is -2.46. The molecule has 0 saturated heterocycles. The van der Waals surface area contributed by atoms with Gasteiger partial charge in [-0.25, -0.2) is 18.4 Å². The van der Waals surface area contributed by atoms with E-state index < -0.39 is 10.0 Å². The lowest BCUT2D eigenvalue weighted by atomic mass is 10.3. The monoisotopic (exact) mass is 462 g/mol. The zero-order chi connectivity index (χ0) is 21.3. The molecule has 10 heteroatoms. The van der Waals surface area contributed by atoms with E-state index in [-0.39, 0.29) is 4.90 Å². The van der Waals surface area contributed by atoms with E-state index in [9.17, 15) is 8.42 Å². The van der Waals surface area contributed by atoms with Crippen LogP contribution >= 0.6 is 22.9 Å². The number of furan rings is 1. The highest BCUT2D eigenvalue weighted by molar-refractivity contribution is 7.89. The minimum absolute atomic E-state index is 0.219. The first-order chi connectivity index (χ1) is 14.4.